The number of halogens is 3. The van der Waals surface area contributed by atoms with Crippen LogP contribution in [-0.4, -0.2) is 43.5 Å². The molecule has 10 heteroatoms. The van der Waals surface area contributed by atoms with Crippen molar-refractivity contribution >= 4 is 11.2 Å². The van der Waals surface area contributed by atoms with E-state index in [2.05, 4.69) is 32.6 Å². The van der Waals surface area contributed by atoms with Crippen LogP contribution in [0.15, 0.2) is 90.0 Å². The summed E-state index contributed by atoms with van der Waals surface area (Å²) in [4.78, 5) is 25.3. The molecule has 40 heavy (non-hydrogen) atoms. The lowest BCUT2D eigenvalue weighted by Crippen LogP contribution is -2.29. The lowest BCUT2D eigenvalue weighted by atomic mass is 10.1. The van der Waals surface area contributed by atoms with Crippen LogP contribution >= 0.6 is 0 Å². The molecular formula is C30H26F3N5O2. The van der Waals surface area contributed by atoms with E-state index in [0.29, 0.717) is 16.9 Å². The van der Waals surface area contributed by atoms with E-state index >= 15 is 0 Å². The van der Waals surface area contributed by atoms with Crippen LogP contribution in [0.3, 0.4) is 0 Å². The van der Waals surface area contributed by atoms with Gasteiger partial charge in [-0.15, -0.1) is 13.2 Å². The number of aryl methyl sites for hydroxylation is 1. The Morgan fingerprint density at radius 1 is 0.925 bits per heavy atom. The van der Waals surface area contributed by atoms with Crippen molar-refractivity contribution < 1.29 is 17.9 Å². The summed E-state index contributed by atoms with van der Waals surface area (Å²) in [7, 11) is 0. The number of rotatable bonds is 6. The molecule has 0 unspecified atom stereocenters. The van der Waals surface area contributed by atoms with Crippen molar-refractivity contribution in [2.75, 3.05) is 13.1 Å². The summed E-state index contributed by atoms with van der Waals surface area (Å²) in [5.74, 6) is -0.277. The van der Waals surface area contributed by atoms with Crippen molar-refractivity contribution in [2.45, 2.75) is 32.3 Å². The number of hydrogen-bond acceptors (Lipinski definition) is 5. The van der Waals surface area contributed by atoms with Crippen molar-refractivity contribution in [3.05, 3.63) is 107 Å². The van der Waals surface area contributed by atoms with E-state index in [9.17, 15) is 18.0 Å². The van der Waals surface area contributed by atoms with Crippen molar-refractivity contribution in [3.63, 3.8) is 0 Å². The van der Waals surface area contributed by atoms with E-state index in [0.717, 1.165) is 48.4 Å². The highest BCUT2D eigenvalue weighted by atomic mass is 19.4. The molecule has 0 aliphatic carbocycles. The molecule has 204 valence electrons. The molecule has 5 aromatic rings. The number of benzene rings is 2. The number of nitrogens with zero attached hydrogens (tertiary/aromatic N) is 5. The molecule has 1 saturated heterocycles. The standard InChI is InChI=1S/C30H26F3N5O2/c1-20-4-2-15-34-26(20)19-36-17-14-24(18-36)38-28-27(5-3-16-35-28)37(29(38)39)23-10-6-21(7-11-23)22-8-12-25(13-9-22)40-30(31,32)33/h2-13,15-16,24H,14,17-19H2,1H3/t24-/m0/s1. The van der Waals surface area contributed by atoms with Crippen LogP contribution in [0.1, 0.15) is 23.7 Å². The molecule has 0 saturated carbocycles. The third kappa shape index (κ3) is 5.10. The second-order valence-corrected chi connectivity index (χ2v) is 9.90. The average molecular weight is 546 g/mol. The fraction of sp³-hybridized carbons (Fsp3) is 0.233. The van der Waals surface area contributed by atoms with Crippen molar-refractivity contribution in [1.82, 2.24) is 24.0 Å². The Balaban J connectivity index is 1.27. The zero-order chi connectivity index (χ0) is 27.9. The van der Waals surface area contributed by atoms with Crippen LogP contribution in [0.2, 0.25) is 0 Å². The van der Waals surface area contributed by atoms with Gasteiger partial charge in [0.2, 0.25) is 0 Å². The van der Waals surface area contributed by atoms with Gasteiger partial charge in [-0.3, -0.25) is 19.0 Å². The molecule has 0 N–H and O–H groups in total. The molecule has 1 fully saturated rings. The fourth-order valence-corrected chi connectivity index (χ4v) is 5.34. The van der Waals surface area contributed by atoms with Gasteiger partial charge in [0, 0.05) is 32.0 Å². The van der Waals surface area contributed by atoms with Gasteiger partial charge in [-0.05, 0) is 72.5 Å². The number of alkyl halides is 3. The Labute approximate surface area is 228 Å². The highest BCUT2D eigenvalue weighted by Gasteiger charge is 2.31. The molecule has 1 atom stereocenters. The van der Waals surface area contributed by atoms with Crippen LogP contribution in [0.25, 0.3) is 28.0 Å². The van der Waals surface area contributed by atoms with Gasteiger partial charge in [-0.1, -0.05) is 30.3 Å². The average Bonchev–Trinajstić information content (AvgIpc) is 3.50. The molecule has 1 aliphatic rings. The Hall–Kier alpha value is -4.44. The Morgan fingerprint density at radius 3 is 2.30 bits per heavy atom. The van der Waals surface area contributed by atoms with Crippen LogP contribution in [0.5, 0.6) is 5.75 Å². The third-order valence-corrected chi connectivity index (χ3v) is 7.28. The molecule has 2 aromatic carbocycles. The van der Waals surface area contributed by atoms with Gasteiger partial charge in [0.1, 0.15) is 5.75 Å². The monoisotopic (exact) mass is 545 g/mol. The van der Waals surface area contributed by atoms with E-state index in [1.807, 2.05) is 42.5 Å². The summed E-state index contributed by atoms with van der Waals surface area (Å²) in [5.41, 5.74) is 5.59. The Bertz CT molecular complexity index is 1710. The van der Waals surface area contributed by atoms with Crippen LogP contribution in [-0.2, 0) is 6.54 Å². The van der Waals surface area contributed by atoms with Gasteiger partial charge in [0.15, 0.2) is 5.65 Å². The molecule has 3 aromatic heterocycles. The van der Waals surface area contributed by atoms with Gasteiger partial charge < -0.3 is 4.74 Å². The highest BCUT2D eigenvalue weighted by Crippen LogP contribution is 2.29. The first-order valence-corrected chi connectivity index (χ1v) is 12.9. The second kappa shape index (κ2) is 10.3. The predicted molar refractivity (Wildman–Crippen MR) is 145 cm³/mol. The van der Waals surface area contributed by atoms with Gasteiger partial charge >= 0.3 is 12.1 Å². The summed E-state index contributed by atoms with van der Waals surface area (Å²) in [6.45, 7) is 4.36. The summed E-state index contributed by atoms with van der Waals surface area (Å²) in [6, 6.07) is 20.7. The Morgan fingerprint density at radius 2 is 1.60 bits per heavy atom. The number of imidazole rings is 1. The maximum Gasteiger partial charge on any atom is 0.573 e. The minimum atomic E-state index is -4.74. The molecule has 6 rings (SSSR count). The zero-order valence-electron chi connectivity index (χ0n) is 21.7. The summed E-state index contributed by atoms with van der Waals surface area (Å²) in [6.07, 6.45) is -0.406. The smallest absolute Gasteiger partial charge is 0.406 e. The summed E-state index contributed by atoms with van der Waals surface area (Å²) >= 11 is 0. The summed E-state index contributed by atoms with van der Waals surface area (Å²) in [5, 5.41) is 0. The first-order chi connectivity index (χ1) is 19.3. The number of hydrogen-bond donors (Lipinski definition) is 0. The van der Waals surface area contributed by atoms with Gasteiger partial charge in [-0.25, -0.2) is 9.78 Å². The van der Waals surface area contributed by atoms with Gasteiger partial charge in [-0.2, -0.15) is 0 Å². The molecule has 7 nitrogen and oxygen atoms in total. The van der Waals surface area contributed by atoms with Crippen LogP contribution < -0.4 is 10.4 Å². The first-order valence-electron chi connectivity index (χ1n) is 12.9. The lowest BCUT2D eigenvalue weighted by Gasteiger charge is -2.17. The molecule has 0 spiro atoms. The number of likely N-dealkylation sites (tertiary alicyclic amines) is 1. The topological polar surface area (TPSA) is 65.2 Å². The summed E-state index contributed by atoms with van der Waals surface area (Å²) < 4.78 is 44.8. The number of fused-ring (bicyclic) bond motifs is 1. The SMILES string of the molecule is Cc1cccnc1CN1CC[C@H](n2c(=O)n(-c3ccc(-c4ccc(OC(F)(F)F)cc4)cc3)c3cccnc32)C1. The maximum atomic E-state index is 13.9. The second-order valence-electron chi connectivity index (χ2n) is 9.90. The zero-order valence-corrected chi connectivity index (χ0v) is 21.7. The highest BCUT2D eigenvalue weighted by molar-refractivity contribution is 5.75. The molecule has 0 amide bonds. The fourth-order valence-electron chi connectivity index (χ4n) is 5.34. The number of pyridine rings is 2. The van der Waals surface area contributed by atoms with E-state index < -0.39 is 6.36 Å². The van der Waals surface area contributed by atoms with E-state index in [1.165, 1.54) is 12.1 Å². The normalized spacial score (nSPS) is 16.1. The molecule has 4 heterocycles. The maximum absolute atomic E-state index is 13.9. The van der Waals surface area contributed by atoms with Gasteiger partial charge in [0.25, 0.3) is 0 Å². The quantitative estimate of drug-likeness (QED) is 0.266. The van der Waals surface area contributed by atoms with E-state index in [-0.39, 0.29) is 17.5 Å². The molecule has 0 radical (unpaired) electrons. The van der Waals surface area contributed by atoms with Crippen LogP contribution in [0, 0.1) is 6.92 Å². The molecule has 1 aliphatic heterocycles. The lowest BCUT2D eigenvalue weighted by molar-refractivity contribution is -0.274. The van der Waals surface area contributed by atoms with Crippen molar-refractivity contribution in [1.29, 1.82) is 0 Å². The van der Waals surface area contributed by atoms with Crippen molar-refractivity contribution in [3.8, 4) is 22.6 Å². The predicted octanol–water partition coefficient (Wildman–Crippen LogP) is 5.90. The Kier molecular flexibility index (Phi) is 6.63. The van der Waals surface area contributed by atoms with Gasteiger partial charge in [0.05, 0.1) is 22.9 Å². The number of aromatic nitrogens is 4. The minimum Gasteiger partial charge on any atom is -0.406 e. The first kappa shape index (κ1) is 25.8. The minimum absolute atomic E-state index is 0.0214. The van der Waals surface area contributed by atoms with Crippen molar-refractivity contribution in [2.24, 2.45) is 0 Å². The largest absolute Gasteiger partial charge is 0.573 e. The molecular weight excluding hydrogens is 519 g/mol. The number of ether oxygens (including phenoxy) is 1. The van der Waals surface area contributed by atoms with Crippen LogP contribution in [0.4, 0.5) is 13.2 Å². The molecule has 0 bridgehead atoms. The third-order valence-electron chi connectivity index (χ3n) is 7.28. The van der Waals surface area contributed by atoms with E-state index in [1.54, 1.807) is 33.7 Å². The van der Waals surface area contributed by atoms with E-state index in [4.69, 9.17) is 0 Å².